The average Bonchev–Trinajstić information content (AvgIpc) is 2.72. The number of ether oxygens (including phenoxy) is 3. The highest BCUT2D eigenvalue weighted by Crippen LogP contribution is 2.37. The number of nitrogens with one attached hydrogen (secondary N) is 1. The number of hydrogen-bond acceptors (Lipinski definition) is 6. The van der Waals surface area contributed by atoms with E-state index >= 15 is 0 Å². The molecule has 0 aliphatic heterocycles. The monoisotopic (exact) mass is 416 g/mol. The smallest absolute Gasteiger partial charge is 0.266 e. The number of carbonyl (C=O) groups excluding carboxylic acids is 1. The lowest BCUT2D eigenvalue weighted by atomic mass is 10.0. The SMILES string of the molecule is CCc1c(OC)cccc1C(=O)NN(Cc1cc(OC)c(O)c(OC)c1)C(C)(C)C. The Bertz CT molecular complexity index is 865. The maximum Gasteiger partial charge on any atom is 0.266 e. The van der Waals surface area contributed by atoms with Crippen molar-refractivity contribution in [3.8, 4) is 23.0 Å². The number of hydrazine groups is 1. The van der Waals surface area contributed by atoms with Crippen LogP contribution in [0.15, 0.2) is 30.3 Å². The quantitative estimate of drug-likeness (QED) is 0.635. The fraction of sp³-hybridized carbons (Fsp3) is 0.435. The van der Waals surface area contributed by atoms with Gasteiger partial charge < -0.3 is 19.3 Å². The molecule has 0 unspecified atom stereocenters. The number of hydrogen-bond donors (Lipinski definition) is 2. The van der Waals surface area contributed by atoms with Gasteiger partial charge in [0, 0.05) is 23.2 Å². The van der Waals surface area contributed by atoms with Crippen LogP contribution >= 0.6 is 0 Å². The van der Waals surface area contributed by atoms with Gasteiger partial charge in [0.15, 0.2) is 11.5 Å². The van der Waals surface area contributed by atoms with Crippen LogP contribution in [0.1, 0.15) is 49.2 Å². The Morgan fingerprint density at radius 3 is 2.07 bits per heavy atom. The Hall–Kier alpha value is -2.93. The second kappa shape index (κ2) is 9.71. The van der Waals surface area contributed by atoms with Crippen LogP contribution in [-0.2, 0) is 13.0 Å². The maximum atomic E-state index is 13.1. The highest BCUT2D eigenvalue weighted by atomic mass is 16.5. The van der Waals surface area contributed by atoms with Crippen LogP contribution in [0, 0.1) is 0 Å². The largest absolute Gasteiger partial charge is 0.502 e. The predicted molar refractivity (Wildman–Crippen MR) is 116 cm³/mol. The highest BCUT2D eigenvalue weighted by molar-refractivity contribution is 5.96. The van der Waals surface area contributed by atoms with Gasteiger partial charge in [0.1, 0.15) is 5.75 Å². The number of amides is 1. The fourth-order valence-corrected chi connectivity index (χ4v) is 3.18. The third kappa shape index (κ3) is 5.16. The molecular formula is C23H32N2O5. The van der Waals surface area contributed by atoms with Gasteiger partial charge in [0.2, 0.25) is 5.75 Å². The minimum absolute atomic E-state index is 0.0564. The highest BCUT2D eigenvalue weighted by Gasteiger charge is 2.26. The molecule has 0 spiro atoms. The number of benzene rings is 2. The molecule has 2 aromatic carbocycles. The molecule has 0 aliphatic carbocycles. The number of carbonyl (C=O) groups is 1. The van der Waals surface area contributed by atoms with E-state index in [0.717, 1.165) is 11.1 Å². The van der Waals surface area contributed by atoms with Crippen molar-refractivity contribution < 1.29 is 24.1 Å². The second-order valence-corrected chi connectivity index (χ2v) is 7.89. The van der Waals surface area contributed by atoms with Gasteiger partial charge in [-0.2, -0.15) is 0 Å². The summed E-state index contributed by atoms with van der Waals surface area (Å²) in [6.07, 6.45) is 0.675. The van der Waals surface area contributed by atoms with E-state index in [-0.39, 0.29) is 17.2 Å². The van der Waals surface area contributed by atoms with Gasteiger partial charge in [0.25, 0.3) is 5.91 Å². The lowest BCUT2D eigenvalue weighted by Crippen LogP contribution is -2.52. The summed E-state index contributed by atoms with van der Waals surface area (Å²) in [4.78, 5) is 13.1. The molecule has 1 amide bonds. The molecule has 30 heavy (non-hydrogen) atoms. The van der Waals surface area contributed by atoms with Crippen LogP contribution in [-0.4, -0.2) is 42.9 Å². The van der Waals surface area contributed by atoms with Crippen molar-refractivity contribution in [2.45, 2.75) is 46.2 Å². The molecule has 0 bridgehead atoms. The second-order valence-electron chi connectivity index (χ2n) is 7.89. The molecule has 0 fully saturated rings. The molecule has 2 rings (SSSR count). The Morgan fingerprint density at radius 1 is 1.03 bits per heavy atom. The first kappa shape index (κ1) is 23.3. The number of phenols is 1. The van der Waals surface area contributed by atoms with Gasteiger partial charge in [-0.1, -0.05) is 13.0 Å². The van der Waals surface area contributed by atoms with Crippen LogP contribution in [0.2, 0.25) is 0 Å². The zero-order valence-corrected chi connectivity index (χ0v) is 18.8. The normalized spacial score (nSPS) is 11.3. The fourth-order valence-electron chi connectivity index (χ4n) is 3.18. The van der Waals surface area contributed by atoms with E-state index in [1.807, 2.05) is 44.8 Å². The molecule has 0 aromatic heterocycles. The summed E-state index contributed by atoms with van der Waals surface area (Å²) in [7, 11) is 4.57. The average molecular weight is 417 g/mol. The Balaban J connectivity index is 2.36. The van der Waals surface area contributed by atoms with E-state index in [1.54, 1.807) is 25.3 Å². The number of rotatable bonds is 8. The van der Waals surface area contributed by atoms with Gasteiger partial charge in [-0.05, 0) is 57.0 Å². The van der Waals surface area contributed by atoms with Crippen LogP contribution in [0.25, 0.3) is 0 Å². The predicted octanol–water partition coefficient (Wildman–Crippen LogP) is 3.93. The summed E-state index contributed by atoms with van der Waals surface area (Å²) in [6.45, 7) is 8.40. The minimum atomic E-state index is -0.376. The molecule has 0 saturated carbocycles. The van der Waals surface area contributed by atoms with Crippen LogP contribution in [0.3, 0.4) is 0 Å². The lowest BCUT2D eigenvalue weighted by molar-refractivity contribution is 0.0460. The van der Waals surface area contributed by atoms with E-state index in [9.17, 15) is 9.90 Å². The molecule has 0 heterocycles. The molecule has 2 aromatic rings. The number of methoxy groups -OCH3 is 3. The molecule has 7 nitrogen and oxygen atoms in total. The summed E-state index contributed by atoms with van der Waals surface area (Å²) in [5.74, 6) is 1.05. The number of phenolic OH excluding ortho intramolecular Hbond substituents is 1. The Morgan fingerprint density at radius 2 is 1.60 bits per heavy atom. The summed E-state index contributed by atoms with van der Waals surface area (Å²) >= 11 is 0. The van der Waals surface area contributed by atoms with E-state index in [4.69, 9.17) is 14.2 Å². The van der Waals surface area contributed by atoms with E-state index < -0.39 is 0 Å². The van der Waals surface area contributed by atoms with Crippen LogP contribution in [0.4, 0.5) is 0 Å². The minimum Gasteiger partial charge on any atom is -0.502 e. The molecule has 0 radical (unpaired) electrons. The van der Waals surface area contributed by atoms with Gasteiger partial charge in [-0.25, -0.2) is 5.01 Å². The maximum absolute atomic E-state index is 13.1. The zero-order chi connectivity index (χ0) is 22.5. The molecule has 7 heteroatoms. The van der Waals surface area contributed by atoms with Gasteiger partial charge in [-0.15, -0.1) is 0 Å². The van der Waals surface area contributed by atoms with Crippen molar-refractivity contribution in [1.82, 2.24) is 10.4 Å². The molecular weight excluding hydrogens is 384 g/mol. The molecule has 2 N–H and O–H groups in total. The van der Waals surface area contributed by atoms with Gasteiger partial charge in [0.05, 0.1) is 21.3 Å². The molecule has 0 saturated heterocycles. The van der Waals surface area contributed by atoms with E-state index in [0.29, 0.717) is 35.8 Å². The van der Waals surface area contributed by atoms with E-state index in [1.165, 1.54) is 14.2 Å². The van der Waals surface area contributed by atoms with Crippen molar-refractivity contribution in [3.05, 3.63) is 47.0 Å². The van der Waals surface area contributed by atoms with Crippen molar-refractivity contribution in [2.75, 3.05) is 21.3 Å². The van der Waals surface area contributed by atoms with Crippen molar-refractivity contribution in [2.24, 2.45) is 0 Å². The molecule has 0 aliphatic rings. The van der Waals surface area contributed by atoms with E-state index in [2.05, 4.69) is 5.43 Å². The van der Waals surface area contributed by atoms with Gasteiger partial charge >= 0.3 is 0 Å². The van der Waals surface area contributed by atoms with Crippen LogP contribution in [0.5, 0.6) is 23.0 Å². The molecule has 0 atom stereocenters. The molecule has 164 valence electrons. The topological polar surface area (TPSA) is 80.3 Å². The third-order valence-corrected chi connectivity index (χ3v) is 4.88. The first-order chi connectivity index (χ1) is 14.2. The first-order valence-corrected chi connectivity index (χ1v) is 9.84. The van der Waals surface area contributed by atoms with Crippen molar-refractivity contribution >= 4 is 5.91 Å². The summed E-state index contributed by atoms with van der Waals surface area (Å²) < 4.78 is 15.9. The summed E-state index contributed by atoms with van der Waals surface area (Å²) in [5, 5.41) is 12.0. The van der Waals surface area contributed by atoms with Crippen molar-refractivity contribution in [1.29, 1.82) is 0 Å². The third-order valence-electron chi connectivity index (χ3n) is 4.88. The number of nitrogens with zero attached hydrogens (tertiary/aromatic N) is 1. The van der Waals surface area contributed by atoms with Crippen molar-refractivity contribution in [3.63, 3.8) is 0 Å². The summed E-state index contributed by atoms with van der Waals surface area (Å²) in [5.41, 5.74) is 4.91. The lowest BCUT2D eigenvalue weighted by Gasteiger charge is -2.36. The Kier molecular flexibility index (Phi) is 7.56. The Labute approximate surface area is 178 Å². The standard InChI is InChI=1S/C23H32N2O5/c1-8-16-17(10-9-11-18(16)28-5)22(27)24-25(23(2,3)4)14-15-12-19(29-6)21(26)20(13-15)30-7/h9-13,26H,8,14H2,1-7H3,(H,24,27). The van der Waals surface area contributed by atoms with Crippen LogP contribution < -0.4 is 19.6 Å². The first-order valence-electron chi connectivity index (χ1n) is 9.84. The summed E-state index contributed by atoms with van der Waals surface area (Å²) in [6, 6.07) is 8.91. The van der Waals surface area contributed by atoms with Gasteiger partial charge in [-0.3, -0.25) is 10.2 Å². The number of aromatic hydroxyl groups is 1. The zero-order valence-electron chi connectivity index (χ0n) is 18.8.